The van der Waals surface area contributed by atoms with Gasteiger partial charge in [-0.05, 0) is 23.8 Å². The summed E-state index contributed by atoms with van der Waals surface area (Å²) in [7, 11) is 0. The second kappa shape index (κ2) is 5.30. The minimum Gasteiger partial charge on any atom is -0.487 e. The van der Waals surface area contributed by atoms with Crippen molar-refractivity contribution in [3.05, 3.63) is 54.1 Å². The third-order valence-corrected chi connectivity index (χ3v) is 2.41. The molecule has 100 valence electrons. The molecule has 0 bridgehead atoms. The maximum absolute atomic E-state index is 12.9. The fourth-order valence-corrected chi connectivity index (χ4v) is 1.49. The molecule has 7 heteroatoms. The monoisotopic (exact) mass is 270 g/mol. The molecule has 2 nitrogen and oxygen atoms in total. The van der Waals surface area contributed by atoms with Crippen molar-refractivity contribution in [3.63, 3.8) is 0 Å². The van der Waals surface area contributed by atoms with Crippen molar-refractivity contribution in [3.8, 4) is 5.75 Å². The molecule has 1 aromatic carbocycles. The summed E-state index contributed by atoms with van der Waals surface area (Å²) in [5.41, 5.74) is -0.292. The highest BCUT2D eigenvalue weighted by Crippen LogP contribution is 2.14. The van der Waals surface area contributed by atoms with Gasteiger partial charge in [-0.3, -0.25) is 4.98 Å². The lowest BCUT2D eigenvalue weighted by atomic mass is 9.81. The van der Waals surface area contributed by atoms with Crippen LogP contribution in [0, 0.1) is 5.82 Å². The van der Waals surface area contributed by atoms with Gasteiger partial charge in [0.1, 0.15) is 18.2 Å². The summed E-state index contributed by atoms with van der Waals surface area (Å²) < 4.78 is 55.6. The molecule has 1 aromatic heterocycles. The van der Waals surface area contributed by atoms with Gasteiger partial charge in [-0.25, -0.2) is 4.39 Å². The van der Waals surface area contributed by atoms with E-state index < -0.39 is 18.3 Å². The number of pyridine rings is 1. The van der Waals surface area contributed by atoms with Crippen LogP contribution in [0.25, 0.3) is 0 Å². The normalized spacial score (nSPS) is 11.4. The molecule has 0 aliphatic rings. The molecule has 0 unspecified atom stereocenters. The Morgan fingerprint density at radius 2 is 1.89 bits per heavy atom. The van der Waals surface area contributed by atoms with Crippen LogP contribution >= 0.6 is 0 Å². The molecular formula is C12H9BF4NO-. The Bertz CT molecular complexity index is 574. The number of halogens is 4. The second-order valence-corrected chi connectivity index (χ2v) is 3.95. The third kappa shape index (κ3) is 3.71. The van der Waals surface area contributed by atoms with E-state index in [4.69, 9.17) is 4.74 Å². The molecule has 2 rings (SSSR count). The van der Waals surface area contributed by atoms with Gasteiger partial charge in [0.05, 0.1) is 6.20 Å². The average Bonchev–Trinajstić information content (AvgIpc) is 2.36. The topological polar surface area (TPSA) is 22.1 Å². The van der Waals surface area contributed by atoms with E-state index in [0.717, 1.165) is 12.3 Å². The SMILES string of the molecule is Fc1cccc(COc2cncc([B-](F)(F)F)c2)c1. The summed E-state index contributed by atoms with van der Waals surface area (Å²) in [5.74, 6) is -0.424. The molecule has 0 aliphatic carbocycles. The summed E-state index contributed by atoms with van der Waals surface area (Å²) in [5, 5.41) is 0. The Morgan fingerprint density at radius 3 is 2.58 bits per heavy atom. The highest BCUT2D eigenvalue weighted by atomic mass is 19.4. The fraction of sp³-hybridized carbons (Fsp3) is 0.0833. The van der Waals surface area contributed by atoms with Crippen LogP contribution in [0.1, 0.15) is 5.56 Å². The Kier molecular flexibility index (Phi) is 3.73. The summed E-state index contributed by atoms with van der Waals surface area (Å²) in [6.07, 6.45) is 1.93. The summed E-state index contributed by atoms with van der Waals surface area (Å²) in [6.45, 7) is -5.12. The molecule has 19 heavy (non-hydrogen) atoms. The van der Waals surface area contributed by atoms with E-state index in [0.29, 0.717) is 5.56 Å². The standard InChI is InChI=1S/C12H9BF4NO/c14-11-3-1-2-9(4-11)8-19-12-5-10(6-18-7-12)13(15,16)17/h1-7H,8H2/q-1. The van der Waals surface area contributed by atoms with Gasteiger partial charge in [0.15, 0.2) is 0 Å². The minimum absolute atomic E-state index is 0.000890. The lowest BCUT2D eigenvalue weighted by Crippen LogP contribution is -2.34. The smallest absolute Gasteiger partial charge is 0.487 e. The number of benzene rings is 1. The van der Waals surface area contributed by atoms with E-state index in [1.54, 1.807) is 6.07 Å². The molecule has 0 fully saturated rings. The van der Waals surface area contributed by atoms with Crippen molar-refractivity contribution in [2.45, 2.75) is 6.61 Å². The molecule has 0 N–H and O–H groups in total. The summed E-state index contributed by atoms with van der Waals surface area (Å²) >= 11 is 0. The maximum Gasteiger partial charge on any atom is 0.511 e. The first-order valence-corrected chi connectivity index (χ1v) is 5.47. The lowest BCUT2D eigenvalue weighted by Gasteiger charge is -2.15. The predicted octanol–water partition coefficient (Wildman–Crippen LogP) is 2.85. The predicted molar refractivity (Wildman–Crippen MR) is 63.7 cm³/mol. The second-order valence-electron chi connectivity index (χ2n) is 3.95. The van der Waals surface area contributed by atoms with E-state index in [-0.39, 0.29) is 12.4 Å². The largest absolute Gasteiger partial charge is 0.511 e. The van der Waals surface area contributed by atoms with Gasteiger partial charge in [-0.1, -0.05) is 17.6 Å². The Morgan fingerprint density at radius 1 is 1.11 bits per heavy atom. The zero-order chi connectivity index (χ0) is 13.9. The van der Waals surface area contributed by atoms with Crippen LogP contribution in [0.4, 0.5) is 17.3 Å². The van der Waals surface area contributed by atoms with Gasteiger partial charge in [0.2, 0.25) is 0 Å². The number of hydrogen-bond acceptors (Lipinski definition) is 2. The molecule has 0 saturated heterocycles. The van der Waals surface area contributed by atoms with Gasteiger partial charge in [-0.2, -0.15) is 0 Å². The highest BCUT2D eigenvalue weighted by molar-refractivity contribution is 6.73. The first-order valence-electron chi connectivity index (χ1n) is 5.47. The van der Waals surface area contributed by atoms with E-state index >= 15 is 0 Å². The molecule has 0 aliphatic heterocycles. The van der Waals surface area contributed by atoms with Gasteiger partial charge in [-0.15, -0.1) is 0 Å². The molecular weight excluding hydrogens is 261 g/mol. The quantitative estimate of drug-likeness (QED) is 0.629. The Hall–Kier alpha value is -2.05. The van der Waals surface area contributed by atoms with Gasteiger partial charge in [0, 0.05) is 6.20 Å². The van der Waals surface area contributed by atoms with Gasteiger partial charge >= 0.3 is 6.98 Å². The first-order chi connectivity index (χ1) is 8.95. The van der Waals surface area contributed by atoms with Crippen molar-refractivity contribution in [2.24, 2.45) is 0 Å². The average molecular weight is 270 g/mol. The Labute approximate surface area is 107 Å². The molecule has 0 spiro atoms. The summed E-state index contributed by atoms with van der Waals surface area (Å²) in [6, 6.07) is 6.53. The Balaban J connectivity index is 2.08. The van der Waals surface area contributed by atoms with Crippen molar-refractivity contribution in [1.29, 1.82) is 0 Å². The molecule has 2 aromatic rings. The zero-order valence-corrected chi connectivity index (χ0v) is 9.69. The lowest BCUT2D eigenvalue weighted by molar-refractivity contribution is 0.304. The minimum atomic E-state index is -5.10. The van der Waals surface area contributed by atoms with Crippen LogP contribution in [-0.4, -0.2) is 12.0 Å². The molecule has 0 saturated carbocycles. The number of ether oxygens (including phenoxy) is 1. The van der Waals surface area contributed by atoms with E-state index in [1.165, 1.54) is 24.4 Å². The van der Waals surface area contributed by atoms with E-state index in [9.17, 15) is 17.3 Å². The van der Waals surface area contributed by atoms with Crippen molar-refractivity contribution in [1.82, 2.24) is 4.98 Å². The molecule has 0 atom stereocenters. The number of hydrogen-bond donors (Lipinski definition) is 0. The molecule has 0 amide bonds. The first kappa shape index (κ1) is 13.4. The maximum atomic E-state index is 12.9. The summed E-state index contributed by atoms with van der Waals surface area (Å²) in [4.78, 5) is 3.48. The van der Waals surface area contributed by atoms with E-state index in [1.807, 2.05) is 0 Å². The number of rotatable bonds is 4. The van der Waals surface area contributed by atoms with Crippen molar-refractivity contribution >= 4 is 12.4 Å². The zero-order valence-electron chi connectivity index (χ0n) is 9.69. The van der Waals surface area contributed by atoms with Crippen LogP contribution in [-0.2, 0) is 6.61 Å². The molecule has 1 heterocycles. The number of aromatic nitrogens is 1. The van der Waals surface area contributed by atoms with Crippen LogP contribution < -0.4 is 10.2 Å². The van der Waals surface area contributed by atoms with Crippen molar-refractivity contribution in [2.75, 3.05) is 0 Å². The highest BCUT2D eigenvalue weighted by Gasteiger charge is 2.26. The molecule has 0 radical (unpaired) electrons. The van der Waals surface area contributed by atoms with Crippen molar-refractivity contribution < 1.29 is 22.1 Å². The fourth-order valence-electron chi connectivity index (χ4n) is 1.49. The van der Waals surface area contributed by atoms with Crippen LogP contribution in [0.3, 0.4) is 0 Å². The van der Waals surface area contributed by atoms with Crippen LogP contribution in [0.5, 0.6) is 5.75 Å². The van der Waals surface area contributed by atoms with Crippen LogP contribution in [0.2, 0.25) is 0 Å². The van der Waals surface area contributed by atoms with E-state index in [2.05, 4.69) is 4.98 Å². The number of nitrogens with zero attached hydrogens (tertiary/aromatic N) is 1. The van der Waals surface area contributed by atoms with Gasteiger partial charge in [0.25, 0.3) is 0 Å². The van der Waals surface area contributed by atoms with Gasteiger partial charge < -0.3 is 17.7 Å². The third-order valence-electron chi connectivity index (χ3n) is 2.41. The van der Waals surface area contributed by atoms with Crippen LogP contribution in [0.15, 0.2) is 42.7 Å².